The maximum Gasteiger partial charge on any atom is 0.416 e. The van der Waals surface area contributed by atoms with Gasteiger partial charge >= 0.3 is 6.18 Å². The van der Waals surface area contributed by atoms with Crippen molar-refractivity contribution < 1.29 is 13.2 Å². The highest BCUT2D eigenvalue weighted by Gasteiger charge is 2.30. The van der Waals surface area contributed by atoms with Crippen molar-refractivity contribution in [3.8, 4) is 11.1 Å². The summed E-state index contributed by atoms with van der Waals surface area (Å²) in [6, 6.07) is 8.42. The van der Waals surface area contributed by atoms with Gasteiger partial charge in [0.1, 0.15) is 0 Å². The summed E-state index contributed by atoms with van der Waals surface area (Å²) in [4.78, 5) is 0. The number of alkyl halides is 3. The van der Waals surface area contributed by atoms with E-state index >= 15 is 0 Å². The van der Waals surface area contributed by atoms with E-state index < -0.39 is 11.7 Å². The molecule has 0 aliphatic heterocycles. The average Bonchev–Trinajstić information content (AvgIpc) is 2.35. The molecule has 0 bridgehead atoms. The van der Waals surface area contributed by atoms with Gasteiger partial charge in [0, 0.05) is 0 Å². The van der Waals surface area contributed by atoms with Gasteiger partial charge in [-0.05, 0) is 41.8 Å². The second kappa shape index (κ2) is 4.50. The highest BCUT2D eigenvalue weighted by molar-refractivity contribution is 5.79. The van der Waals surface area contributed by atoms with Crippen molar-refractivity contribution in [2.45, 2.75) is 13.1 Å². The van der Waals surface area contributed by atoms with Crippen LogP contribution < -0.4 is 11.5 Å². The van der Waals surface area contributed by atoms with Crippen LogP contribution in [0.15, 0.2) is 36.4 Å². The molecular weight excluding hydrogens is 253 g/mol. The number of rotatable bonds is 1. The molecule has 0 unspecified atom stereocenters. The zero-order valence-electron chi connectivity index (χ0n) is 10.3. The third kappa shape index (κ3) is 2.50. The molecule has 0 saturated carbocycles. The molecule has 0 atom stereocenters. The van der Waals surface area contributed by atoms with E-state index in [-0.39, 0.29) is 0 Å². The first-order valence-corrected chi connectivity index (χ1v) is 5.63. The van der Waals surface area contributed by atoms with Crippen molar-refractivity contribution in [1.82, 2.24) is 0 Å². The Morgan fingerprint density at radius 2 is 1.68 bits per heavy atom. The van der Waals surface area contributed by atoms with Crippen molar-refractivity contribution in [1.29, 1.82) is 0 Å². The van der Waals surface area contributed by atoms with Crippen molar-refractivity contribution in [3.63, 3.8) is 0 Å². The Hall–Kier alpha value is -2.17. The van der Waals surface area contributed by atoms with Gasteiger partial charge in [-0.3, -0.25) is 0 Å². The summed E-state index contributed by atoms with van der Waals surface area (Å²) in [7, 11) is 0. The van der Waals surface area contributed by atoms with Crippen LogP contribution in [0, 0.1) is 6.92 Å². The van der Waals surface area contributed by atoms with Crippen LogP contribution in [0.3, 0.4) is 0 Å². The van der Waals surface area contributed by atoms with Crippen LogP contribution in [0.2, 0.25) is 0 Å². The molecule has 5 heteroatoms. The van der Waals surface area contributed by atoms with Crippen LogP contribution in [0.25, 0.3) is 11.1 Å². The lowest BCUT2D eigenvalue weighted by molar-refractivity contribution is -0.137. The van der Waals surface area contributed by atoms with Crippen LogP contribution in [-0.4, -0.2) is 0 Å². The molecule has 0 aliphatic carbocycles. The Labute approximate surface area is 108 Å². The lowest BCUT2D eigenvalue weighted by Gasteiger charge is -2.13. The largest absolute Gasteiger partial charge is 0.416 e. The van der Waals surface area contributed by atoms with Gasteiger partial charge in [-0.1, -0.05) is 18.2 Å². The van der Waals surface area contributed by atoms with E-state index in [0.29, 0.717) is 28.1 Å². The summed E-state index contributed by atoms with van der Waals surface area (Å²) >= 11 is 0. The number of halogens is 3. The van der Waals surface area contributed by atoms with Gasteiger partial charge in [-0.2, -0.15) is 13.2 Å². The van der Waals surface area contributed by atoms with Crippen molar-refractivity contribution in [2.24, 2.45) is 0 Å². The molecule has 4 N–H and O–H groups in total. The minimum absolute atomic E-state index is 0.398. The standard InChI is InChI=1S/C14H13F3N2/c1-8-11(5-6-12(18)13(8)19)9-3-2-4-10(7-9)14(15,16)17/h2-7H,18-19H2,1H3. The van der Waals surface area contributed by atoms with E-state index in [4.69, 9.17) is 11.5 Å². The van der Waals surface area contributed by atoms with Crippen LogP contribution in [0.5, 0.6) is 0 Å². The van der Waals surface area contributed by atoms with Crippen molar-refractivity contribution >= 4 is 11.4 Å². The van der Waals surface area contributed by atoms with Crippen LogP contribution in [0.1, 0.15) is 11.1 Å². The van der Waals surface area contributed by atoms with E-state index in [1.165, 1.54) is 6.07 Å². The number of hydrogen-bond donors (Lipinski definition) is 2. The number of benzene rings is 2. The normalized spacial score (nSPS) is 11.6. The maximum atomic E-state index is 12.7. The second-order valence-corrected chi connectivity index (χ2v) is 4.32. The summed E-state index contributed by atoms with van der Waals surface area (Å²) in [5.74, 6) is 0. The Morgan fingerprint density at radius 3 is 2.32 bits per heavy atom. The summed E-state index contributed by atoms with van der Waals surface area (Å²) in [6.07, 6.45) is -4.36. The molecule has 0 amide bonds. The van der Waals surface area contributed by atoms with E-state index in [9.17, 15) is 13.2 Å². The summed E-state index contributed by atoms with van der Waals surface area (Å²) < 4.78 is 38.0. The van der Waals surface area contributed by atoms with Crippen LogP contribution in [-0.2, 0) is 6.18 Å². The first-order chi connectivity index (χ1) is 8.80. The van der Waals surface area contributed by atoms with E-state index in [2.05, 4.69) is 0 Å². The van der Waals surface area contributed by atoms with Gasteiger partial charge in [-0.15, -0.1) is 0 Å². The molecule has 19 heavy (non-hydrogen) atoms. The highest BCUT2D eigenvalue weighted by atomic mass is 19.4. The van der Waals surface area contributed by atoms with Gasteiger partial charge in [0.05, 0.1) is 16.9 Å². The van der Waals surface area contributed by atoms with Crippen LogP contribution >= 0.6 is 0 Å². The summed E-state index contributed by atoms with van der Waals surface area (Å²) in [5.41, 5.74) is 13.4. The van der Waals surface area contributed by atoms with Crippen molar-refractivity contribution in [3.05, 3.63) is 47.5 Å². The van der Waals surface area contributed by atoms with Gasteiger partial charge in [0.2, 0.25) is 0 Å². The predicted molar refractivity (Wildman–Crippen MR) is 70.4 cm³/mol. The molecule has 100 valence electrons. The molecule has 2 rings (SSSR count). The predicted octanol–water partition coefficient (Wildman–Crippen LogP) is 3.85. The minimum atomic E-state index is -4.36. The zero-order chi connectivity index (χ0) is 14.2. The summed E-state index contributed by atoms with van der Waals surface area (Å²) in [5, 5.41) is 0. The highest BCUT2D eigenvalue weighted by Crippen LogP contribution is 2.35. The SMILES string of the molecule is Cc1c(-c2cccc(C(F)(F)F)c2)ccc(N)c1N. The average molecular weight is 266 g/mol. The van der Waals surface area contributed by atoms with E-state index in [1.54, 1.807) is 25.1 Å². The molecule has 2 nitrogen and oxygen atoms in total. The van der Waals surface area contributed by atoms with E-state index in [1.807, 2.05) is 0 Å². The van der Waals surface area contributed by atoms with Gasteiger partial charge < -0.3 is 11.5 Å². The molecule has 0 radical (unpaired) electrons. The monoisotopic (exact) mass is 266 g/mol. The fourth-order valence-electron chi connectivity index (χ4n) is 1.93. The molecule has 0 saturated heterocycles. The molecule has 0 spiro atoms. The number of nitrogens with two attached hydrogens (primary N) is 2. The quantitative estimate of drug-likeness (QED) is 0.770. The lowest BCUT2D eigenvalue weighted by atomic mass is 9.97. The lowest BCUT2D eigenvalue weighted by Crippen LogP contribution is -2.05. The fourth-order valence-corrected chi connectivity index (χ4v) is 1.93. The third-order valence-corrected chi connectivity index (χ3v) is 3.05. The second-order valence-electron chi connectivity index (χ2n) is 4.32. The fraction of sp³-hybridized carbons (Fsp3) is 0.143. The smallest absolute Gasteiger partial charge is 0.397 e. The maximum absolute atomic E-state index is 12.7. The Bertz CT molecular complexity index is 619. The third-order valence-electron chi connectivity index (χ3n) is 3.05. The van der Waals surface area contributed by atoms with Gasteiger partial charge in [0.15, 0.2) is 0 Å². The first kappa shape index (κ1) is 13.3. The topological polar surface area (TPSA) is 52.0 Å². The Balaban J connectivity index is 2.57. The van der Waals surface area contributed by atoms with Crippen LogP contribution in [0.4, 0.5) is 24.5 Å². The van der Waals surface area contributed by atoms with Crippen molar-refractivity contribution in [2.75, 3.05) is 11.5 Å². The number of hydrogen-bond acceptors (Lipinski definition) is 2. The molecule has 0 aromatic heterocycles. The van der Waals surface area contributed by atoms with Gasteiger partial charge in [-0.25, -0.2) is 0 Å². The van der Waals surface area contributed by atoms with E-state index in [0.717, 1.165) is 12.1 Å². The number of nitrogen functional groups attached to an aromatic ring is 2. The zero-order valence-corrected chi connectivity index (χ0v) is 10.3. The summed E-state index contributed by atoms with van der Waals surface area (Å²) in [6.45, 7) is 1.74. The van der Waals surface area contributed by atoms with Gasteiger partial charge in [0.25, 0.3) is 0 Å². The molecular formula is C14H13F3N2. The first-order valence-electron chi connectivity index (χ1n) is 5.63. The minimum Gasteiger partial charge on any atom is -0.397 e. The Kier molecular flexibility index (Phi) is 3.14. The number of anilines is 2. The Morgan fingerprint density at radius 1 is 1.00 bits per heavy atom. The molecule has 2 aromatic rings. The molecule has 0 fully saturated rings. The molecule has 0 heterocycles. The molecule has 2 aromatic carbocycles. The molecule has 0 aliphatic rings.